The van der Waals surface area contributed by atoms with Crippen LogP contribution >= 0.6 is 0 Å². The molecule has 0 aliphatic heterocycles. The number of nitriles is 1. The molecule has 2 aromatic rings. The van der Waals surface area contributed by atoms with E-state index in [0.717, 1.165) is 0 Å². The van der Waals surface area contributed by atoms with Crippen LogP contribution in [0.2, 0.25) is 0 Å². The number of rotatable bonds is 4. The van der Waals surface area contributed by atoms with Crippen molar-refractivity contribution < 1.29 is 9.21 Å². The van der Waals surface area contributed by atoms with Gasteiger partial charge >= 0.3 is 0 Å². The lowest BCUT2D eigenvalue weighted by Gasteiger charge is -2.16. The monoisotopic (exact) mass is 285 g/mol. The number of likely N-dealkylation sites (N-methyl/N-ethyl adjacent to an activating group) is 1. The largest absolute Gasteiger partial charge is 0.467 e. The molecule has 2 rings (SSSR count). The van der Waals surface area contributed by atoms with Gasteiger partial charge in [-0.25, -0.2) is 0 Å². The Morgan fingerprint density at radius 3 is 2.86 bits per heavy atom. The van der Waals surface area contributed by atoms with Gasteiger partial charge in [0.15, 0.2) is 0 Å². The molecule has 0 atom stereocenters. The summed E-state index contributed by atoms with van der Waals surface area (Å²) in [6.45, 7) is 1.91. The molecule has 108 valence electrons. The van der Waals surface area contributed by atoms with Gasteiger partial charge in [-0.05, 0) is 30.7 Å². The normalized spacial score (nSPS) is 10.1. The Bertz CT molecular complexity index is 739. The molecular weight excluding hydrogens is 270 g/mol. The summed E-state index contributed by atoms with van der Waals surface area (Å²) in [6, 6.07) is 7.04. The van der Waals surface area contributed by atoms with E-state index in [0.29, 0.717) is 17.9 Å². The molecule has 0 aromatic carbocycles. The molecule has 2 heterocycles. The Morgan fingerprint density at radius 2 is 2.24 bits per heavy atom. The maximum absolute atomic E-state index is 12.1. The van der Waals surface area contributed by atoms with Gasteiger partial charge in [-0.15, -0.1) is 0 Å². The third kappa shape index (κ3) is 3.20. The number of hydrogen-bond donors (Lipinski definition) is 0. The molecule has 0 N–H and O–H groups in total. The lowest BCUT2D eigenvalue weighted by molar-refractivity contribution is -0.131. The first-order valence-electron chi connectivity index (χ1n) is 6.39. The fraction of sp³-hybridized carbons (Fsp3) is 0.267. The van der Waals surface area contributed by atoms with E-state index in [2.05, 4.69) is 0 Å². The summed E-state index contributed by atoms with van der Waals surface area (Å²) in [4.78, 5) is 25.6. The fourth-order valence-corrected chi connectivity index (χ4v) is 1.92. The average molecular weight is 285 g/mol. The van der Waals surface area contributed by atoms with E-state index >= 15 is 0 Å². The topological polar surface area (TPSA) is 79.2 Å². The van der Waals surface area contributed by atoms with Gasteiger partial charge in [0, 0.05) is 13.2 Å². The SMILES string of the molecule is Cc1ccn(CC(=O)N(C)Cc2ccco2)c(=O)c1C#N. The number of hydrogen-bond acceptors (Lipinski definition) is 4. The second kappa shape index (κ2) is 6.09. The van der Waals surface area contributed by atoms with E-state index in [1.165, 1.54) is 21.9 Å². The Hall–Kier alpha value is -2.81. The Kier molecular flexibility index (Phi) is 4.24. The van der Waals surface area contributed by atoms with E-state index < -0.39 is 5.56 Å². The molecule has 0 radical (unpaired) electrons. The summed E-state index contributed by atoms with van der Waals surface area (Å²) in [5, 5.41) is 8.97. The van der Waals surface area contributed by atoms with Crippen LogP contribution in [0.4, 0.5) is 0 Å². The number of carbonyl (C=O) groups excluding carboxylic acids is 1. The van der Waals surface area contributed by atoms with Crippen LogP contribution in [-0.2, 0) is 17.9 Å². The number of carbonyl (C=O) groups is 1. The molecule has 0 aliphatic carbocycles. The van der Waals surface area contributed by atoms with E-state index in [-0.39, 0.29) is 18.0 Å². The minimum Gasteiger partial charge on any atom is -0.467 e. The minimum absolute atomic E-state index is 0.0685. The number of pyridine rings is 1. The van der Waals surface area contributed by atoms with Crippen LogP contribution in [0.3, 0.4) is 0 Å². The third-order valence-electron chi connectivity index (χ3n) is 3.19. The van der Waals surface area contributed by atoms with Gasteiger partial charge in [0.1, 0.15) is 23.9 Å². The maximum atomic E-state index is 12.1. The van der Waals surface area contributed by atoms with Crippen LogP contribution in [0.25, 0.3) is 0 Å². The highest BCUT2D eigenvalue weighted by Crippen LogP contribution is 2.05. The highest BCUT2D eigenvalue weighted by Gasteiger charge is 2.14. The highest BCUT2D eigenvalue weighted by atomic mass is 16.3. The van der Waals surface area contributed by atoms with Crippen LogP contribution in [0.15, 0.2) is 39.9 Å². The van der Waals surface area contributed by atoms with E-state index in [9.17, 15) is 9.59 Å². The molecule has 2 aromatic heterocycles. The summed E-state index contributed by atoms with van der Waals surface area (Å²) in [5.74, 6) is 0.432. The van der Waals surface area contributed by atoms with Crippen molar-refractivity contribution in [2.75, 3.05) is 7.05 Å². The minimum atomic E-state index is -0.447. The molecule has 1 amide bonds. The Balaban J connectivity index is 2.13. The predicted octanol–water partition coefficient (Wildman–Crippen LogP) is 1.28. The molecule has 21 heavy (non-hydrogen) atoms. The zero-order valence-corrected chi connectivity index (χ0v) is 11.9. The fourth-order valence-electron chi connectivity index (χ4n) is 1.92. The van der Waals surface area contributed by atoms with Crippen LogP contribution < -0.4 is 5.56 Å². The quantitative estimate of drug-likeness (QED) is 0.847. The number of amides is 1. The van der Waals surface area contributed by atoms with Gasteiger partial charge in [0.2, 0.25) is 5.91 Å². The third-order valence-corrected chi connectivity index (χ3v) is 3.19. The molecule has 0 spiro atoms. The predicted molar refractivity (Wildman–Crippen MR) is 75.3 cm³/mol. The van der Waals surface area contributed by atoms with Crippen molar-refractivity contribution in [2.45, 2.75) is 20.0 Å². The van der Waals surface area contributed by atoms with E-state index in [1.807, 2.05) is 6.07 Å². The Labute approximate surface area is 121 Å². The molecule has 0 unspecified atom stereocenters. The van der Waals surface area contributed by atoms with Gasteiger partial charge in [0.05, 0.1) is 12.8 Å². The van der Waals surface area contributed by atoms with Crippen molar-refractivity contribution in [3.8, 4) is 6.07 Å². The van der Waals surface area contributed by atoms with E-state index in [4.69, 9.17) is 9.68 Å². The van der Waals surface area contributed by atoms with Gasteiger partial charge in [-0.3, -0.25) is 9.59 Å². The first-order chi connectivity index (χ1) is 10.0. The van der Waals surface area contributed by atoms with Crippen LogP contribution in [0.1, 0.15) is 16.9 Å². The molecule has 0 bridgehead atoms. The van der Waals surface area contributed by atoms with Gasteiger partial charge < -0.3 is 13.9 Å². The van der Waals surface area contributed by atoms with Crippen molar-refractivity contribution in [3.63, 3.8) is 0 Å². The highest BCUT2D eigenvalue weighted by molar-refractivity contribution is 5.75. The maximum Gasteiger partial charge on any atom is 0.269 e. The second-order valence-corrected chi connectivity index (χ2v) is 4.75. The number of aryl methyl sites for hydroxylation is 1. The standard InChI is InChI=1S/C15H15N3O3/c1-11-5-6-18(15(20)13(11)8-16)10-14(19)17(2)9-12-4-3-7-21-12/h3-7H,9-10H2,1-2H3. The second-order valence-electron chi connectivity index (χ2n) is 4.75. The molecule has 0 saturated heterocycles. The molecule has 0 aliphatic rings. The lowest BCUT2D eigenvalue weighted by Crippen LogP contribution is -2.34. The number of nitrogens with zero attached hydrogens (tertiary/aromatic N) is 3. The first-order valence-corrected chi connectivity index (χ1v) is 6.39. The summed E-state index contributed by atoms with van der Waals surface area (Å²) in [6.07, 6.45) is 3.06. The van der Waals surface area contributed by atoms with Gasteiger partial charge in [-0.2, -0.15) is 5.26 Å². The smallest absolute Gasteiger partial charge is 0.269 e. The zero-order chi connectivity index (χ0) is 15.4. The van der Waals surface area contributed by atoms with Crippen molar-refractivity contribution >= 4 is 5.91 Å². The summed E-state index contributed by atoms with van der Waals surface area (Å²) >= 11 is 0. The van der Waals surface area contributed by atoms with Crippen molar-refractivity contribution in [2.24, 2.45) is 0 Å². The molecule has 6 heteroatoms. The van der Waals surface area contributed by atoms with E-state index in [1.54, 1.807) is 32.2 Å². The molecule has 0 saturated carbocycles. The first kappa shape index (κ1) is 14.6. The van der Waals surface area contributed by atoms with Crippen molar-refractivity contribution in [1.29, 1.82) is 5.26 Å². The van der Waals surface area contributed by atoms with Crippen molar-refractivity contribution in [3.05, 3.63) is 57.9 Å². The van der Waals surface area contributed by atoms with Crippen molar-refractivity contribution in [1.82, 2.24) is 9.47 Å². The zero-order valence-electron chi connectivity index (χ0n) is 11.9. The number of furan rings is 1. The van der Waals surface area contributed by atoms with Gasteiger partial charge in [-0.1, -0.05) is 0 Å². The molecule has 0 fully saturated rings. The summed E-state index contributed by atoms with van der Waals surface area (Å²) in [7, 11) is 1.63. The number of aromatic nitrogens is 1. The molecule has 6 nitrogen and oxygen atoms in total. The lowest BCUT2D eigenvalue weighted by atomic mass is 10.2. The van der Waals surface area contributed by atoms with Gasteiger partial charge in [0.25, 0.3) is 5.56 Å². The molecular formula is C15H15N3O3. The summed E-state index contributed by atoms with van der Waals surface area (Å²) in [5.41, 5.74) is 0.228. The van der Waals surface area contributed by atoms with Crippen LogP contribution in [0.5, 0.6) is 0 Å². The van der Waals surface area contributed by atoms with Crippen LogP contribution in [0, 0.1) is 18.3 Å². The van der Waals surface area contributed by atoms with Crippen LogP contribution in [-0.4, -0.2) is 22.4 Å². The summed E-state index contributed by atoms with van der Waals surface area (Å²) < 4.78 is 6.42. The average Bonchev–Trinajstić information content (AvgIpc) is 2.95. The Morgan fingerprint density at radius 1 is 1.48 bits per heavy atom.